The Hall–Kier alpha value is -3.87. The summed E-state index contributed by atoms with van der Waals surface area (Å²) in [5.41, 5.74) is 9.15. The maximum Gasteiger partial charge on any atom is 0.350 e. The Morgan fingerprint density at radius 1 is 1.04 bits per heavy atom. The predicted octanol–water partition coefficient (Wildman–Crippen LogP) is 2.74. The van der Waals surface area contributed by atoms with E-state index in [0.29, 0.717) is 18.1 Å². The van der Waals surface area contributed by atoms with E-state index in [4.69, 9.17) is 10.5 Å². The first-order valence-electron chi connectivity index (χ1n) is 8.74. The van der Waals surface area contributed by atoms with Crippen LogP contribution in [0.2, 0.25) is 0 Å². The first kappa shape index (κ1) is 17.5. The Labute approximate surface area is 161 Å². The van der Waals surface area contributed by atoms with E-state index in [1.54, 1.807) is 24.2 Å². The molecular weight excluding hydrogens is 354 g/mol. The van der Waals surface area contributed by atoms with Crippen LogP contribution >= 0.6 is 0 Å². The first-order chi connectivity index (χ1) is 13.6. The highest BCUT2D eigenvalue weighted by molar-refractivity contribution is 5.66. The molecule has 4 aromatic rings. The van der Waals surface area contributed by atoms with E-state index in [2.05, 4.69) is 10.1 Å². The van der Waals surface area contributed by atoms with Gasteiger partial charge in [-0.15, -0.1) is 0 Å². The number of methoxy groups -OCH3 is 1. The van der Waals surface area contributed by atoms with E-state index in [1.165, 1.54) is 4.68 Å². The first-order valence-corrected chi connectivity index (χ1v) is 8.74. The Bertz CT molecular complexity index is 1160. The number of benzene rings is 2. The van der Waals surface area contributed by atoms with Crippen molar-refractivity contribution < 1.29 is 4.74 Å². The molecule has 0 aliphatic rings. The number of anilines is 1. The molecule has 0 unspecified atom stereocenters. The maximum absolute atomic E-state index is 12.7. The second kappa shape index (κ2) is 7.40. The molecule has 7 nitrogen and oxygen atoms in total. The molecular formula is C21H19N5O2. The average molecular weight is 373 g/mol. The quantitative estimate of drug-likeness (QED) is 0.581. The lowest BCUT2D eigenvalue weighted by Gasteiger charge is -2.05. The molecule has 0 bridgehead atoms. The summed E-state index contributed by atoms with van der Waals surface area (Å²) in [4.78, 5) is 16.7. The van der Waals surface area contributed by atoms with Gasteiger partial charge in [0.1, 0.15) is 17.9 Å². The van der Waals surface area contributed by atoms with Crippen LogP contribution in [0.5, 0.6) is 5.75 Å². The molecule has 28 heavy (non-hydrogen) atoms. The van der Waals surface area contributed by atoms with Gasteiger partial charge >= 0.3 is 5.69 Å². The molecule has 0 fully saturated rings. The third-order valence-electron chi connectivity index (χ3n) is 4.45. The van der Waals surface area contributed by atoms with Crippen LogP contribution < -0.4 is 16.2 Å². The number of rotatable bonds is 5. The molecule has 0 aliphatic heterocycles. The van der Waals surface area contributed by atoms with Crippen LogP contribution in [0.3, 0.4) is 0 Å². The zero-order valence-corrected chi connectivity index (χ0v) is 15.3. The minimum atomic E-state index is -0.205. The van der Waals surface area contributed by atoms with E-state index in [9.17, 15) is 4.79 Å². The predicted molar refractivity (Wildman–Crippen MR) is 108 cm³/mol. The molecule has 0 saturated carbocycles. The average Bonchev–Trinajstić information content (AvgIpc) is 3.08. The molecule has 4 rings (SSSR count). The lowest BCUT2D eigenvalue weighted by molar-refractivity contribution is 0.414. The Balaban J connectivity index is 1.59. The molecule has 2 aromatic carbocycles. The van der Waals surface area contributed by atoms with Gasteiger partial charge in [-0.2, -0.15) is 9.78 Å². The summed E-state index contributed by atoms with van der Waals surface area (Å²) in [5, 5.41) is 4.25. The number of hydrogen-bond acceptors (Lipinski definition) is 5. The van der Waals surface area contributed by atoms with Gasteiger partial charge in [-0.05, 0) is 53.1 Å². The summed E-state index contributed by atoms with van der Waals surface area (Å²) in [5.74, 6) is 1.22. The van der Waals surface area contributed by atoms with Crippen LogP contribution in [-0.2, 0) is 6.54 Å². The molecule has 0 saturated heterocycles. The second-order valence-corrected chi connectivity index (χ2v) is 6.32. The molecule has 2 heterocycles. The van der Waals surface area contributed by atoms with Gasteiger partial charge in [0.25, 0.3) is 0 Å². The second-order valence-electron chi connectivity index (χ2n) is 6.32. The molecule has 0 spiro atoms. The van der Waals surface area contributed by atoms with Gasteiger partial charge in [-0.3, -0.25) is 4.57 Å². The molecule has 140 valence electrons. The Kier molecular flexibility index (Phi) is 4.63. The van der Waals surface area contributed by atoms with Crippen LogP contribution in [0.15, 0.2) is 78.0 Å². The van der Waals surface area contributed by atoms with E-state index in [0.717, 1.165) is 22.4 Å². The zero-order valence-electron chi connectivity index (χ0n) is 15.3. The highest BCUT2D eigenvalue weighted by atomic mass is 16.5. The van der Waals surface area contributed by atoms with Crippen molar-refractivity contribution in [1.82, 2.24) is 19.3 Å². The molecule has 2 N–H and O–H groups in total. The minimum absolute atomic E-state index is 0.205. The van der Waals surface area contributed by atoms with Gasteiger partial charge in [0.05, 0.1) is 19.3 Å². The van der Waals surface area contributed by atoms with Crippen molar-refractivity contribution in [2.45, 2.75) is 6.54 Å². The van der Waals surface area contributed by atoms with Crippen molar-refractivity contribution in [3.8, 4) is 22.6 Å². The van der Waals surface area contributed by atoms with Gasteiger partial charge in [0.2, 0.25) is 0 Å². The fourth-order valence-electron chi connectivity index (χ4n) is 3.01. The lowest BCUT2D eigenvalue weighted by atomic mass is 10.1. The van der Waals surface area contributed by atoms with Crippen LogP contribution in [0.4, 0.5) is 5.82 Å². The minimum Gasteiger partial charge on any atom is -0.497 e. The molecule has 7 heteroatoms. The van der Waals surface area contributed by atoms with Gasteiger partial charge in [-0.25, -0.2) is 9.78 Å². The number of ether oxygens (including phenoxy) is 1. The van der Waals surface area contributed by atoms with E-state index >= 15 is 0 Å². The summed E-state index contributed by atoms with van der Waals surface area (Å²) < 4.78 is 8.17. The lowest BCUT2D eigenvalue weighted by Crippen LogP contribution is -2.24. The van der Waals surface area contributed by atoms with E-state index < -0.39 is 0 Å². The number of nitrogen functional groups attached to an aromatic ring is 1. The number of nitrogens with two attached hydrogens (primary N) is 1. The summed E-state index contributed by atoms with van der Waals surface area (Å²) in [6, 6.07) is 18.9. The third-order valence-corrected chi connectivity index (χ3v) is 4.45. The van der Waals surface area contributed by atoms with Gasteiger partial charge in [0, 0.05) is 6.20 Å². The van der Waals surface area contributed by atoms with Gasteiger partial charge in [-0.1, -0.05) is 24.3 Å². The summed E-state index contributed by atoms with van der Waals surface area (Å²) >= 11 is 0. The molecule has 0 amide bonds. The van der Waals surface area contributed by atoms with Crippen LogP contribution in [0.1, 0.15) is 5.56 Å². The zero-order chi connectivity index (χ0) is 19.5. The highest BCUT2D eigenvalue weighted by Gasteiger charge is 2.09. The fraction of sp³-hybridized carbons (Fsp3) is 0.0952. The van der Waals surface area contributed by atoms with Crippen LogP contribution in [-0.4, -0.2) is 26.4 Å². The molecule has 0 aliphatic carbocycles. The van der Waals surface area contributed by atoms with Crippen molar-refractivity contribution in [2.24, 2.45) is 0 Å². The largest absolute Gasteiger partial charge is 0.497 e. The Morgan fingerprint density at radius 2 is 1.86 bits per heavy atom. The topological polar surface area (TPSA) is 88.0 Å². The van der Waals surface area contributed by atoms with Crippen molar-refractivity contribution in [3.05, 3.63) is 89.2 Å². The number of aromatic nitrogens is 4. The maximum atomic E-state index is 12.7. The van der Waals surface area contributed by atoms with Crippen molar-refractivity contribution in [2.75, 3.05) is 12.8 Å². The standard InChI is InChI=1S/C21H19N5O2/c1-28-19-4-2-3-15(11-19)13-25-14-24-26(21(25)27)18-7-5-16(6-8-18)17-9-10-23-20(22)12-17/h2-12,14H,13H2,1H3,(H2,22,23). The highest BCUT2D eigenvalue weighted by Crippen LogP contribution is 2.21. The van der Waals surface area contributed by atoms with E-state index in [-0.39, 0.29) is 5.69 Å². The van der Waals surface area contributed by atoms with Gasteiger partial charge < -0.3 is 10.5 Å². The number of hydrogen-bond donors (Lipinski definition) is 1. The number of pyridine rings is 1. The molecule has 0 atom stereocenters. The smallest absolute Gasteiger partial charge is 0.350 e. The number of nitrogens with zero attached hydrogens (tertiary/aromatic N) is 4. The molecule has 0 radical (unpaired) electrons. The normalized spacial score (nSPS) is 10.8. The third kappa shape index (κ3) is 3.50. The van der Waals surface area contributed by atoms with Gasteiger partial charge in [0.15, 0.2) is 0 Å². The van der Waals surface area contributed by atoms with Crippen molar-refractivity contribution in [1.29, 1.82) is 0 Å². The SMILES string of the molecule is COc1cccc(Cn2cnn(-c3ccc(-c4ccnc(N)c4)cc3)c2=O)c1. The van der Waals surface area contributed by atoms with Crippen LogP contribution in [0.25, 0.3) is 16.8 Å². The summed E-state index contributed by atoms with van der Waals surface area (Å²) in [6.45, 7) is 0.421. The monoisotopic (exact) mass is 373 g/mol. The van der Waals surface area contributed by atoms with E-state index in [1.807, 2.05) is 60.7 Å². The molecule has 2 aromatic heterocycles. The van der Waals surface area contributed by atoms with Crippen molar-refractivity contribution >= 4 is 5.82 Å². The Morgan fingerprint density at radius 3 is 2.61 bits per heavy atom. The van der Waals surface area contributed by atoms with Crippen LogP contribution in [0, 0.1) is 0 Å². The van der Waals surface area contributed by atoms with Crippen molar-refractivity contribution in [3.63, 3.8) is 0 Å². The fourth-order valence-corrected chi connectivity index (χ4v) is 3.01. The summed E-state index contributed by atoms with van der Waals surface area (Å²) in [7, 11) is 1.62. The summed E-state index contributed by atoms with van der Waals surface area (Å²) in [6.07, 6.45) is 3.21.